The van der Waals surface area contributed by atoms with Gasteiger partial charge in [0.25, 0.3) is 0 Å². The minimum atomic E-state index is -4.49. The molecule has 0 bridgehead atoms. The van der Waals surface area contributed by atoms with Crippen molar-refractivity contribution in [2.45, 2.75) is 113 Å². The number of alkyl halides is 3. The van der Waals surface area contributed by atoms with Gasteiger partial charge in [0.05, 0.1) is 32.0 Å². The van der Waals surface area contributed by atoms with E-state index < -0.39 is 17.5 Å². The van der Waals surface area contributed by atoms with E-state index >= 15 is 0 Å². The second kappa shape index (κ2) is 49.4. The number of phenols is 4. The highest BCUT2D eigenvalue weighted by molar-refractivity contribution is 7.22. The molecule has 16 aromatic rings. The fourth-order valence-corrected chi connectivity index (χ4v) is 23.5. The number of carbonyl (C=O) groups excluding carboxylic acids is 4. The molecule has 4 fully saturated rings. The van der Waals surface area contributed by atoms with Gasteiger partial charge in [-0.15, -0.1) is 45.3 Å². The van der Waals surface area contributed by atoms with Crippen LogP contribution in [0, 0.1) is 51.4 Å². The van der Waals surface area contributed by atoms with Crippen LogP contribution >= 0.6 is 56.9 Å². The monoisotopic (exact) mass is 2110 g/mol. The van der Waals surface area contributed by atoms with Crippen LogP contribution in [0.4, 0.5) is 13.2 Å². The van der Waals surface area contributed by atoms with Gasteiger partial charge < -0.3 is 77.9 Å². The molecule has 0 radical (unpaired) electrons. The van der Waals surface area contributed by atoms with Crippen molar-refractivity contribution in [3.8, 4) is 92.0 Å². The normalized spacial score (nSPS) is 15.9. The number of rotatable bonds is 36. The van der Waals surface area contributed by atoms with Gasteiger partial charge in [-0.05, 0) is 358 Å². The molecule has 20 nitrogen and oxygen atoms in total. The predicted molar refractivity (Wildman–Crippen MR) is 590 cm³/mol. The molecule has 4 aliphatic rings. The van der Waals surface area contributed by atoms with E-state index in [-0.39, 0.29) is 56.5 Å². The Kier molecular flexibility index (Phi) is 35.5. The van der Waals surface area contributed by atoms with E-state index in [2.05, 4.69) is 47.3 Å². The van der Waals surface area contributed by atoms with Crippen molar-refractivity contribution >= 4 is 120 Å². The van der Waals surface area contributed by atoms with Crippen LogP contribution in [-0.2, 0) is 6.18 Å². The summed E-state index contributed by atoms with van der Waals surface area (Å²) in [5.74, 6) is 10.1. The van der Waals surface area contributed by atoms with Crippen LogP contribution in [0.2, 0.25) is 5.02 Å². The van der Waals surface area contributed by atoms with E-state index in [4.69, 9.17) is 49.5 Å². The number of halogens is 4. The third-order valence-corrected chi connectivity index (χ3v) is 31.7. The van der Waals surface area contributed by atoms with E-state index in [9.17, 15) is 52.8 Å². The van der Waals surface area contributed by atoms with Gasteiger partial charge in [0.15, 0.2) is 23.0 Å². The highest BCUT2D eigenvalue weighted by Crippen LogP contribution is 2.49. The minimum absolute atomic E-state index is 0.0320. The summed E-state index contributed by atoms with van der Waals surface area (Å²) in [6, 6.07) is 72.1. The molecule has 0 amide bonds. The Bertz CT molecular complexity index is 7140. The zero-order valence-corrected chi connectivity index (χ0v) is 88.7. The number of aromatic hydroxyl groups is 4. The zero-order valence-electron chi connectivity index (χ0n) is 84.7. The maximum absolute atomic E-state index is 13.6. The fraction of sp³-hybridized carbons (Fsp3) is 0.306. The molecule has 0 aliphatic carbocycles. The molecular weight excluding hydrogens is 1990 g/mol. The summed E-state index contributed by atoms with van der Waals surface area (Å²) in [5, 5.41) is 43.5. The zero-order chi connectivity index (χ0) is 105. The summed E-state index contributed by atoms with van der Waals surface area (Å²) in [7, 11) is 0. The van der Waals surface area contributed by atoms with E-state index in [0.717, 1.165) is 194 Å². The highest BCUT2D eigenvalue weighted by Gasteiger charge is 2.34. The second-order valence-electron chi connectivity index (χ2n) is 39.2. The van der Waals surface area contributed by atoms with E-state index in [1.807, 2.05) is 137 Å². The van der Waals surface area contributed by atoms with Gasteiger partial charge >= 0.3 is 6.18 Å². The van der Waals surface area contributed by atoms with Gasteiger partial charge in [-0.3, -0.25) is 19.2 Å². The van der Waals surface area contributed by atoms with Crippen molar-refractivity contribution in [3.63, 3.8) is 0 Å². The number of hydrogen-bond donors (Lipinski definition) is 4. The topological polar surface area (TPSA) is 236 Å². The Morgan fingerprint density at radius 1 is 0.322 bits per heavy atom. The smallest absolute Gasteiger partial charge is 0.416 e. The fourth-order valence-electron chi connectivity index (χ4n) is 18.8. The first-order valence-corrected chi connectivity index (χ1v) is 54.3. The van der Waals surface area contributed by atoms with Crippen LogP contribution in [0.3, 0.4) is 0 Å². The van der Waals surface area contributed by atoms with Gasteiger partial charge in [0, 0.05) is 120 Å². The van der Waals surface area contributed by atoms with Gasteiger partial charge in [-0.25, -0.2) is 0 Å². The third-order valence-electron chi connectivity index (χ3n) is 26.9. The lowest BCUT2D eigenvalue weighted by Crippen LogP contribution is -2.22. The van der Waals surface area contributed by atoms with Gasteiger partial charge in [0.2, 0.25) is 23.1 Å². The maximum Gasteiger partial charge on any atom is 0.416 e. The van der Waals surface area contributed by atoms with Crippen LogP contribution in [0.1, 0.15) is 168 Å². The summed E-state index contributed by atoms with van der Waals surface area (Å²) in [4.78, 5) is 65.7. The average Bonchev–Trinajstić information content (AvgIpc) is 1.64. The van der Waals surface area contributed by atoms with Crippen molar-refractivity contribution in [2.75, 3.05) is 105 Å². The standard InChI is InChI=1S/2C31H33NO4S.C30H28F3NO4S.C29H28ClNO4S/c2*1-20-5-6-22(3)27(17-20)29(34)31-30(26-12-7-23(33)18-28(26)37-31)36-25-10-8-24(9-11-25)35-16-4-14-32-15-13-21(2)19-32;1-19-13-15-34(18-19)14-2-16-37-23-8-10-24(11-9-23)38-28-25-12-7-22(35)17-26(25)39-29(28)27(36)20-3-5-21(6-4-20)30(31,32)33;1-19-13-15-31(18-19)14-2-16-34-23-8-10-24(11-9-23)35-28-25-12-7-22(32)17-26(25)36-29(28)27(33)20-3-5-21(30)6-4-20/h2*5-12,17-18,21,33H,4,13-16,19H2,1-3H3;3-12,17,19,35H,2,13-16,18H2,1H3;3-12,17,19,32H,2,13-16,18H2,1H3/t2*21-;2*19-/m1111/s1. The Labute approximate surface area is 887 Å². The molecule has 28 heteroatoms. The molecular formula is C121H122ClF3N4O16S4. The molecule has 4 atom stereocenters. The van der Waals surface area contributed by atoms with Crippen LogP contribution in [0.25, 0.3) is 40.3 Å². The number of carbonyl (C=O) groups is 4. The number of thiophene rings is 4. The molecule has 4 aliphatic heterocycles. The number of benzene rings is 12. The quantitative estimate of drug-likeness (QED) is 0.0211. The molecule has 4 aromatic heterocycles. The molecule has 0 spiro atoms. The van der Waals surface area contributed by atoms with Crippen LogP contribution in [-0.4, -0.2) is 168 Å². The minimum Gasteiger partial charge on any atom is -0.508 e. The van der Waals surface area contributed by atoms with Crippen LogP contribution in [0.5, 0.6) is 92.0 Å². The van der Waals surface area contributed by atoms with Crippen LogP contribution < -0.4 is 37.9 Å². The Morgan fingerprint density at radius 3 is 0.819 bits per heavy atom. The molecule has 4 N–H and O–H groups in total. The summed E-state index contributed by atoms with van der Waals surface area (Å²) in [5.41, 5.74) is 5.01. The third kappa shape index (κ3) is 28.1. The van der Waals surface area contributed by atoms with E-state index in [0.29, 0.717) is 119 Å². The van der Waals surface area contributed by atoms with Gasteiger partial charge in [0.1, 0.15) is 88.5 Å². The highest BCUT2D eigenvalue weighted by atomic mass is 35.5. The molecule has 4 saturated heterocycles. The molecule has 774 valence electrons. The van der Waals surface area contributed by atoms with Crippen molar-refractivity contribution in [3.05, 3.63) is 329 Å². The number of likely N-dealkylation sites (tertiary alicyclic amines) is 4. The van der Waals surface area contributed by atoms with Gasteiger partial charge in [-0.1, -0.05) is 86.8 Å². The molecule has 0 saturated carbocycles. The number of nitrogens with zero attached hydrogens (tertiary/aromatic N) is 4. The molecule has 149 heavy (non-hydrogen) atoms. The lowest BCUT2D eigenvalue weighted by Gasteiger charge is -2.15. The maximum atomic E-state index is 13.6. The number of ether oxygens (including phenoxy) is 8. The number of phenolic OH excluding ortho intramolecular Hbond substituents is 4. The largest absolute Gasteiger partial charge is 0.508 e. The first-order valence-electron chi connectivity index (χ1n) is 50.7. The van der Waals surface area contributed by atoms with Gasteiger partial charge in [-0.2, -0.15) is 13.2 Å². The first-order chi connectivity index (χ1) is 71.9. The molecule has 0 unspecified atom stereocenters. The van der Waals surface area contributed by atoms with Crippen molar-refractivity contribution < 1.29 is 90.7 Å². The van der Waals surface area contributed by atoms with Crippen molar-refractivity contribution in [2.24, 2.45) is 23.7 Å². The molecule has 8 heterocycles. The Morgan fingerprint density at radius 2 is 0.570 bits per heavy atom. The lowest BCUT2D eigenvalue weighted by atomic mass is 10.0. The predicted octanol–water partition coefficient (Wildman–Crippen LogP) is 29.9. The summed E-state index contributed by atoms with van der Waals surface area (Å²) in [6.45, 7) is 33.3. The number of ketones is 4. The second-order valence-corrected chi connectivity index (χ2v) is 43.8. The number of hydrogen-bond acceptors (Lipinski definition) is 24. The SMILES string of the molecule is C[C@@H]1CCN(CCCOc2ccc(Oc3c(C(=O)c4ccc(C(F)(F)F)cc4)sc4cc(O)ccc34)cc2)C1.C[C@@H]1CCN(CCCOc2ccc(Oc3c(C(=O)c4ccc(Cl)cc4)sc4cc(O)ccc34)cc2)C1.Cc1ccc(C)c(C(=O)c2sc3cc(O)ccc3c2Oc2ccc(OCCCN3CC[C@@H](C)C3)cc2)c1.Cc1ccc(C)c(C(=O)c2sc3cc(O)ccc3c2Oc2ccc(OCCCN3CC[C@@H](C)C3)cc2)c1. The van der Waals surface area contributed by atoms with Crippen LogP contribution in [0.15, 0.2) is 255 Å². The lowest BCUT2D eigenvalue weighted by molar-refractivity contribution is -0.137. The number of aryl methyl sites for hydroxylation is 4. The van der Waals surface area contributed by atoms with E-state index in [1.165, 1.54) is 111 Å². The Hall–Kier alpha value is -13.3. The van der Waals surface area contributed by atoms with Crippen molar-refractivity contribution in [1.82, 2.24) is 19.6 Å². The Balaban J connectivity index is 0.000000135. The first kappa shape index (κ1) is 107. The van der Waals surface area contributed by atoms with Crippen molar-refractivity contribution in [1.29, 1.82) is 0 Å². The number of fused-ring (bicyclic) bond motifs is 4. The summed E-state index contributed by atoms with van der Waals surface area (Å²) in [6.07, 6.45) is 4.57. The summed E-state index contributed by atoms with van der Waals surface area (Å²) < 4.78 is 90.7. The molecule has 12 aromatic carbocycles. The average molecular weight is 2110 g/mol. The van der Waals surface area contributed by atoms with E-state index in [1.54, 1.807) is 109 Å². The molecule has 20 rings (SSSR count). The summed E-state index contributed by atoms with van der Waals surface area (Å²) >= 11 is 11.1.